The Labute approximate surface area is 421 Å². The van der Waals surface area contributed by atoms with E-state index < -0.39 is 6.10 Å². The second kappa shape index (κ2) is 57.9. The highest BCUT2D eigenvalue weighted by molar-refractivity contribution is 5.70. The molecule has 0 heterocycles. The standard InChI is InChI=1S/C63H106O5/c1-4-7-10-13-16-19-22-25-28-30-32-33-36-38-41-44-47-50-53-56-62(64)67-60-61(68-63(65)57-54-51-48-45-42-39-35-27-24-21-18-15-12-9-6-3)59-66-58-55-52-49-46-43-40-37-34-31-29-26-23-20-17-14-11-8-5-2/h7,9-10,12,16,18-19,21,25,27-28,32-33,35,38,41-42,45,61H,4-6,8,11,13-15,17,20,22-24,26,29-31,34,36-37,39-40,43-44,46-60H2,1-3H3/b10-7-,12-9-,19-16-,21-18-,28-25-,33-32-,35-27-,41-38-,45-42-. The van der Waals surface area contributed by atoms with Crippen LogP contribution >= 0.6 is 0 Å². The summed E-state index contributed by atoms with van der Waals surface area (Å²) in [5.74, 6) is -0.481. The summed E-state index contributed by atoms with van der Waals surface area (Å²) in [6.07, 6.45) is 79.7. The highest BCUT2D eigenvalue weighted by Gasteiger charge is 2.17. The fraction of sp³-hybridized carbons (Fsp3) is 0.683. The molecular formula is C63H106O5. The van der Waals surface area contributed by atoms with Crippen molar-refractivity contribution in [2.45, 2.75) is 258 Å². The van der Waals surface area contributed by atoms with Crippen molar-refractivity contribution in [3.05, 3.63) is 109 Å². The maximum absolute atomic E-state index is 12.8. The lowest BCUT2D eigenvalue weighted by molar-refractivity contribution is -0.163. The van der Waals surface area contributed by atoms with Gasteiger partial charge in [-0.2, -0.15) is 0 Å². The summed E-state index contributed by atoms with van der Waals surface area (Å²) in [7, 11) is 0. The van der Waals surface area contributed by atoms with Gasteiger partial charge in [0.15, 0.2) is 6.10 Å². The van der Waals surface area contributed by atoms with Crippen LogP contribution in [0.1, 0.15) is 252 Å². The lowest BCUT2D eigenvalue weighted by Crippen LogP contribution is -2.30. The minimum atomic E-state index is -0.577. The van der Waals surface area contributed by atoms with Crippen LogP contribution in [0.4, 0.5) is 0 Å². The van der Waals surface area contributed by atoms with E-state index in [2.05, 4.69) is 130 Å². The summed E-state index contributed by atoms with van der Waals surface area (Å²) in [6, 6.07) is 0. The van der Waals surface area contributed by atoms with Crippen molar-refractivity contribution >= 4 is 11.9 Å². The van der Waals surface area contributed by atoms with E-state index in [4.69, 9.17) is 14.2 Å². The lowest BCUT2D eigenvalue weighted by atomic mass is 10.0. The predicted molar refractivity (Wildman–Crippen MR) is 297 cm³/mol. The van der Waals surface area contributed by atoms with Gasteiger partial charge in [0.1, 0.15) is 6.61 Å². The summed E-state index contributed by atoms with van der Waals surface area (Å²) in [4.78, 5) is 25.5. The Kier molecular flexibility index (Phi) is 54.9. The molecule has 388 valence electrons. The number of rotatable bonds is 51. The van der Waals surface area contributed by atoms with Crippen LogP contribution in [0.3, 0.4) is 0 Å². The van der Waals surface area contributed by atoms with Gasteiger partial charge in [-0.15, -0.1) is 0 Å². The molecule has 0 bridgehead atoms. The van der Waals surface area contributed by atoms with Crippen LogP contribution in [0.2, 0.25) is 0 Å². The first-order valence-electron chi connectivity index (χ1n) is 28.4. The number of unbranched alkanes of at least 4 members (excludes halogenated alkanes) is 22. The summed E-state index contributed by atoms with van der Waals surface area (Å²) in [5.41, 5.74) is 0. The molecule has 0 rings (SSSR count). The molecular weight excluding hydrogens is 837 g/mol. The lowest BCUT2D eigenvalue weighted by Gasteiger charge is -2.18. The topological polar surface area (TPSA) is 61.8 Å². The summed E-state index contributed by atoms with van der Waals surface area (Å²) >= 11 is 0. The molecule has 0 N–H and O–H groups in total. The molecule has 1 atom stereocenters. The van der Waals surface area contributed by atoms with E-state index in [-0.39, 0.29) is 25.2 Å². The molecule has 5 heteroatoms. The van der Waals surface area contributed by atoms with E-state index in [1.165, 1.54) is 103 Å². The van der Waals surface area contributed by atoms with Crippen molar-refractivity contribution in [3.8, 4) is 0 Å². The fourth-order valence-corrected chi connectivity index (χ4v) is 7.65. The normalized spacial score (nSPS) is 13.0. The second-order valence-corrected chi connectivity index (χ2v) is 18.4. The van der Waals surface area contributed by atoms with Gasteiger partial charge >= 0.3 is 11.9 Å². The molecule has 0 aromatic rings. The van der Waals surface area contributed by atoms with E-state index in [0.29, 0.717) is 19.4 Å². The van der Waals surface area contributed by atoms with E-state index in [0.717, 1.165) is 116 Å². The van der Waals surface area contributed by atoms with Gasteiger partial charge in [0.2, 0.25) is 0 Å². The zero-order valence-electron chi connectivity index (χ0n) is 44.6. The molecule has 0 amide bonds. The van der Waals surface area contributed by atoms with Crippen molar-refractivity contribution in [1.29, 1.82) is 0 Å². The summed E-state index contributed by atoms with van der Waals surface area (Å²) in [5, 5.41) is 0. The van der Waals surface area contributed by atoms with Crippen LogP contribution in [0, 0.1) is 0 Å². The first kappa shape index (κ1) is 64.6. The van der Waals surface area contributed by atoms with Crippen LogP contribution in [0.15, 0.2) is 109 Å². The van der Waals surface area contributed by atoms with E-state index in [9.17, 15) is 9.59 Å². The van der Waals surface area contributed by atoms with Crippen molar-refractivity contribution < 1.29 is 23.8 Å². The molecule has 0 radical (unpaired) electrons. The Hall–Kier alpha value is -3.44. The molecule has 0 aliphatic heterocycles. The number of allylic oxidation sites excluding steroid dienone is 18. The van der Waals surface area contributed by atoms with Gasteiger partial charge in [-0.25, -0.2) is 0 Å². The van der Waals surface area contributed by atoms with Crippen molar-refractivity contribution in [2.24, 2.45) is 0 Å². The molecule has 1 unspecified atom stereocenters. The van der Waals surface area contributed by atoms with E-state index in [1.807, 2.05) is 0 Å². The fourth-order valence-electron chi connectivity index (χ4n) is 7.65. The molecule has 0 spiro atoms. The monoisotopic (exact) mass is 943 g/mol. The van der Waals surface area contributed by atoms with Gasteiger partial charge in [0.25, 0.3) is 0 Å². The highest BCUT2D eigenvalue weighted by Crippen LogP contribution is 2.15. The molecule has 0 saturated heterocycles. The second-order valence-electron chi connectivity index (χ2n) is 18.4. The third kappa shape index (κ3) is 55.2. The smallest absolute Gasteiger partial charge is 0.306 e. The number of carbonyl (C=O) groups is 2. The Morgan fingerprint density at radius 1 is 0.338 bits per heavy atom. The van der Waals surface area contributed by atoms with Crippen molar-refractivity contribution in [2.75, 3.05) is 19.8 Å². The largest absolute Gasteiger partial charge is 0.462 e. The minimum Gasteiger partial charge on any atom is -0.462 e. The Balaban J connectivity index is 4.39. The van der Waals surface area contributed by atoms with Crippen LogP contribution in [-0.4, -0.2) is 37.9 Å². The van der Waals surface area contributed by atoms with Crippen molar-refractivity contribution in [1.82, 2.24) is 0 Å². The summed E-state index contributed by atoms with van der Waals surface area (Å²) < 4.78 is 17.4. The van der Waals surface area contributed by atoms with Crippen molar-refractivity contribution in [3.63, 3.8) is 0 Å². The molecule has 0 aliphatic carbocycles. The van der Waals surface area contributed by atoms with Gasteiger partial charge in [-0.3, -0.25) is 9.59 Å². The zero-order valence-corrected chi connectivity index (χ0v) is 44.6. The van der Waals surface area contributed by atoms with Gasteiger partial charge in [-0.1, -0.05) is 246 Å². The highest BCUT2D eigenvalue weighted by atomic mass is 16.6. The zero-order chi connectivity index (χ0) is 49.2. The average molecular weight is 944 g/mol. The third-order valence-electron chi connectivity index (χ3n) is 11.8. The number of carbonyl (C=O) groups excluding carboxylic acids is 2. The molecule has 0 aromatic carbocycles. The van der Waals surface area contributed by atoms with Gasteiger partial charge in [0.05, 0.1) is 6.61 Å². The average Bonchev–Trinajstić information content (AvgIpc) is 3.34. The first-order valence-corrected chi connectivity index (χ1v) is 28.4. The number of esters is 2. The molecule has 0 fully saturated rings. The van der Waals surface area contributed by atoms with Crippen LogP contribution in [0.5, 0.6) is 0 Å². The van der Waals surface area contributed by atoms with E-state index >= 15 is 0 Å². The van der Waals surface area contributed by atoms with E-state index in [1.54, 1.807) is 0 Å². The van der Waals surface area contributed by atoms with Crippen LogP contribution in [-0.2, 0) is 23.8 Å². The SMILES string of the molecule is CC/C=C\C/C=C\C/C=C\C/C=C\C/C=C\CCCCCC(=O)OCC(COCCCCCCCCCCCCCCCCCCCC)OC(=O)CCCC/C=C\C/C=C\C/C=C\C/C=C\CC. The minimum absolute atomic E-state index is 0.0473. The quantitative estimate of drug-likeness (QED) is 0.0345. The Bertz CT molecular complexity index is 1340. The van der Waals surface area contributed by atoms with Gasteiger partial charge < -0.3 is 14.2 Å². The maximum atomic E-state index is 12.8. The van der Waals surface area contributed by atoms with Crippen LogP contribution in [0.25, 0.3) is 0 Å². The van der Waals surface area contributed by atoms with Gasteiger partial charge in [-0.05, 0) is 103 Å². The molecule has 0 aliphatic rings. The maximum Gasteiger partial charge on any atom is 0.306 e. The molecule has 5 nitrogen and oxygen atoms in total. The van der Waals surface area contributed by atoms with Gasteiger partial charge in [0, 0.05) is 19.4 Å². The molecule has 0 saturated carbocycles. The number of hydrogen-bond donors (Lipinski definition) is 0. The molecule has 0 aromatic heterocycles. The Morgan fingerprint density at radius 3 is 1.07 bits per heavy atom. The number of ether oxygens (including phenoxy) is 3. The Morgan fingerprint density at radius 2 is 0.662 bits per heavy atom. The first-order chi connectivity index (χ1) is 33.6. The molecule has 68 heavy (non-hydrogen) atoms. The third-order valence-corrected chi connectivity index (χ3v) is 11.8. The summed E-state index contributed by atoms with van der Waals surface area (Å²) in [6.45, 7) is 7.54. The predicted octanol–water partition coefficient (Wildman–Crippen LogP) is 19.6. The van der Waals surface area contributed by atoms with Crippen LogP contribution < -0.4 is 0 Å². The number of hydrogen-bond acceptors (Lipinski definition) is 5.